The molecule has 0 aliphatic rings. The lowest BCUT2D eigenvalue weighted by Crippen LogP contribution is -2.49. The van der Waals surface area contributed by atoms with E-state index in [-0.39, 0.29) is 6.42 Å². The Morgan fingerprint density at radius 3 is 2.17 bits per heavy atom. The Bertz CT molecular complexity index is 518. The van der Waals surface area contributed by atoms with Gasteiger partial charge in [-0.25, -0.2) is 0 Å². The van der Waals surface area contributed by atoms with Gasteiger partial charge in [-0.05, 0) is 17.7 Å². The molecule has 0 heterocycles. The SMILES string of the molecule is COc1ccc(CC(=O)[C@H](O)[C@@H](O)[C@H](O)[C@H](O)CO)cc1OC. The van der Waals surface area contributed by atoms with Crippen molar-refractivity contribution in [2.24, 2.45) is 0 Å². The van der Waals surface area contributed by atoms with Crippen LogP contribution in [0, 0.1) is 0 Å². The molecule has 8 nitrogen and oxygen atoms in total. The van der Waals surface area contributed by atoms with Crippen molar-refractivity contribution in [2.75, 3.05) is 20.8 Å². The molecule has 0 radical (unpaired) electrons. The summed E-state index contributed by atoms with van der Waals surface area (Å²) in [7, 11) is 2.91. The topological polar surface area (TPSA) is 137 Å². The number of rotatable bonds is 9. The molecule has 0 unspecified atom stereocenters. The third-order valence-corrected chi connectivity index (χ3v) is 3.41. The van der Waals surface area contributed by atoms with Gasteiger partial charge in [-0.1, -0.05) is 6.07 Å². The van der Waals surface area contributed by atoms with Gasteiger partial charge in [0.2, 0.25) is 0 Å². The van der Waals surface area contributed by atoms with Crippen LogP contribution < -0.4 is 9.47 Å². The Kier molecular flexibility index (Phi) is 7.40. The molecule has 0 fully saturated rings. The van der Waals surface area contributed by atoms with E-state index in [0.29, 0.717) is 17.1 Å². The standard InChI is InChI=1S/C15H22O8/c1-22-11-4-3-8(6-12(11)23-2)5-9(17)13(19)15(21)14(20)10(18)7-16/h3-4,6,10,13-16,18-21H,5,7H2,1-2H3/t10-,13+,14-,15-/m1/s1. The second-order valence-electron chi connectivity index (χ2n) is 5.01. The lowest BCUT2D eigenvalue weighted by Gasteiger charge is -2.24. The molecule has 0 spiro atoms. The van der Waals surface area contributed by atoms with Crippen molar-refractivity contribution in [3.8, 4) is 11.5 Å². The number of ketones is 1. The van der Waals surface area contributed by atoms with Gasteiger partial charge in [-0.15, -0.1) is 0 Å². The second-order valence-corrected chi connectivity index (χ2v) is 5.01. The third kappa shape index (κ3) is 4.88. The molecule has 0 saturated carbocycles. The maximum absolute atomic E-state index is 12.0. The number of Topliss-reactive ketones (excluding diaryl/α,β-unsaturated/α-hetero) is 1. The number of aliphatic hydroxyl groups excluding tert-OH is 5. The van der Waals surface area contributed by atoms with Gasteiger partial charge < -0.3 is 35.0 Å². The Hall–Kier alpha value is -1.71. The average molecular weight is 330 g/mol. The molecule has 0 saturated heterocycles. The lowest BCUT2D eigenvalue weighted by atomic mass is 9.96. The third-order valence-electron chi connectivity index (χ3n) is 3.41. The first kappa shape index (κ1) is 19.3. The molecule has 5 N–H and O–H groups in total. The van der Waals surface area contributed by atoms with Crippen LogP contribution in [0.1, 0.15) is 5.56 Å². The summed E-state index contributed by atoms with van der Waals surface area (Å²) in [5, 5.41) is 46.9. The monoisotopic (exact) mass is 330 g/mol. The minimum atomic E-state index is -1.91. The maximum atomic E-state index is 12.0. The summed E-state index contributed by atoms with van der Waals surface area (Å²) in [4.78, 5) is 12.0. The summed E-state index contributed by atoms with van der Waals surface area (Å²) < 4.78 is 10.2. The van der Waals surface area contributed by atoms with E-state index in [9.17, 15) is 25.2 Å². The molecule has 8 heteroatoms. The number of hydrogen-bond donors (Lipinski definition) is 5. The molecular formula is C15H22O8. The quantitative estimate of drug-likeness (QED) is 0.360. The fourth-order valence-corrected chi connectivity index (χ4v) is 2.01. The summed E-state index contributed by atoms with van der Waals surface area (Å²) in [6.45, 7) is -0.811. The average Bonchev–Trinajstić information content (AvgIpc) is 2.58. The van der Waals surface area contributed by atoms with Crippen molar-refractivity contribution in [3.05, 3.63) is 23.8 Å². The van der Waals surface area contributed by atoms with Gasteiger partial charge in [-0.2, -0.15) is 0 Å². The molecule has 1 aromatic rings. The van der Waals surface area contributed by atoms with E-state index in [1.54, 1.807) is 18.2 Å². The fourth-order valence-electron chi connectivity index (χ4n) is 2.01. The van der Waals surface area contributed by atoms with Crippen molar-refractivity contribution >= 4 is 5.78 Å². The molecule has 4 atom stereocenters. The molecule has 0 aliphatic carbocycles. The summed E-state index contributed by atoms with van der Waals surface area (Å²) in [6, 6.07) is 4.74. The fraction of sp³-hybridized carbons (Fsp3) is 0.533. The summed E-state index contributed by atoms with van der Waals surface area (Å²) in [5.41, 5.74) is 0.510. The molecular weight excluding hydrogens is 308 g/mol. The van der Waals surface area contributed by atoms with Crippen molar-refractivity contribution in [3.63, 3.8) is 0 Å². The molecule has 0 aliphatic heterocycles. The Balaban J connectivity index is 2.78. The van der Waals surface area contributed by atoms with Crippen LogP contribution in [-0.4, -0.2) is 76.6 Å². The second kappa shape index (κ2) is 8.80. The van der Waals surface area contributed by atoms with Crippen LogP contribution in [0.3, 0.4) is 0 Å². The van der Waals surface area contributed by atoms with E-state index < -0.39 is 36.8 Å². The van der Waals surface area contributed by atoms with Crippen molar-refractivity contribution in [2.45, 2.75) is 30.8 Å². The summed E-state index contributed by atoms with van der Waals surface area (Å²) in [6.07, 6.45) is -7.54. The smallest absolute Gasteiger partial charge is 0.168 e. The van der Waals surface area contributed by atoms with E-state index in [2.05, 4.69) is 0 Å². The minimum absolute atomic E-state index is 0.222. The van der Waals surface area contributed by atoms with Gasteiger partial charge in [0.05, 0.1) is 20.8 Å². The molecule has 0 bridgehead atoms. The number of hydrogen-bond acceptors (Lipinski definition) is 8. The first-order valence-electron chi connectivity index (χ1n) is 6.92. The maximum Gasteiger partial charge on any atom is 0.168 e. The van der Waals surface area contributed by atoms with Crippen LogP contribution in [-0.2, 0) is 11.2 Å². The molecule has 1 rings (SSSR count). The Morgan fingerprint density at radius 2 is 1.65 bits per heavy atom. The highest BCUT2D eigenvalue weighted by atomic mass is 16.5. The van der Waals surface area contributed by atoms with Crippen molar-refractivity contribution in [1.29, 1.82) is 0 Å². The zero-order valence-corrected chi connectivity index (χ0v) is 12.9. The van der Waals surface area contributed by atoms with Crippen LogP contribution in [0.4, 0.5) is 0 Å². The van der Waals surface area contributed by atoms with Crippen LogP contribution in [0.15, 0.2) is 18.2 Å². The highest BCUT2D eigenvalue weighted by Gasteiger charge is 2.33. The number of carbonyl (C=O) groups excluding carboxylic acids is 1. The Morgan fingerprint density at radius 1 is 1.04 bits per heavy atom. The molecule has 1 aromatic carbocycles. The van der Waals surface area contributed by atoms with Crippen molar-refractivity contribution in [1.82, 2.24) is 0 Å². The summed E-state index contributed by atoms with van der Waals surface area (Å²) in [5.74, 6) is 0.128. The van der Waals surface area contributed by atoms with Gasteiger partial charge in [0, 0.05) is 6.42 Å². The first-order valence-corrected chi connectivity index (χ1v) is 6.92. The number of ether oxygens (including phenoxy) is 2. The van der Waals surface area contributed by atoms with Gasteiger partial charge in [0.1, 0.15) is 24.4 Å². The van der Waals surface area contributed by atoms with E-state index in [1.807, 2.05) is 0 Å². The van der Waals surface area contributed by atoms with E-state index in [0.717, 1.165) is 0 Å². The molecule has 23 heavy (non-hydrogen) atoms. The molecule has 130 valence electrons. The van der Waals surface area contributed by atoms with Crippen LogP contribution in [0.25, 0.3) is 0 Å². The van der Waals surface area contributed by atoms with Gasteiger partial charge in [-0.3, -0.25) is 4.79 Å². The molecule has 0 aromatic heterocycles. The van der Waals surface area contributed by atoms with Crippen LogP contribution >= 0.6 is 0 Å². The predicted octanol–water partition coefficient (Wildman–Crippen LogP) is -1.75. The first-order chi connectivity index (χ1) is 10.8. The molecule has 0 amide bonds. The highest BCUT2D eigenvalue weighted by molar-refractivity contribution is 5.85. The minimum Gasteiger partial charge on any atom is -0.493 e. The zero-order chi connectivity index (χ0) is 17.6. The lowest BCUT2D eigenvalue weighted by molar-refractivity contribution is -0.146. The Labute approximate surface area is 133 Å². The largest absolute Gasteiger partial charge is 0.493 e. The van der Waals surface area contributed by atoms with Crippen LogP contribution in [0.5, 0.6) is 11.5 Å². The number of aliphatic hydroxyl groups is 5. The predicted molar refractivity (Wildman–Crippen MR) is 79.4 cm³/mol. The zero-order valence-electron chi connectivity index (χ0n) is 12.9. The van der Waals surface area contributed by atoms with E-state index >= 15 is 0 Å². The van der Waals surface area contributed by atoms with Crippen LogP contribution in [0.2, 0.25) is 0 Å². The number of methoxy groups -OCH3 is 2. The summed E-state index contributed by atoms with van der Waals surface area (Å²) >= 11 is 0. The van der Waals surface area contributed by atoms with Gasteiger partial charge in [0.25, 0.3) is 0 Å². The highest BCUT2D eigenvalue weighted by Crippen LogP contribution is 2.28. The van der Waals surface area contributed by atoms with Gasteiger partial charge in [0.15, 0.2) is 17.3 Å². The van der Waals surface area contributed by atoms with E-state index in [4.69, 9.17) is 14.6 Å². The number of carbonyl (C=O) groups is 1. The number of benzene rings is 1. The van der Waals surface area contributed by atoms with Crippen molar-refractivity contribution < 1.29 is 39.8 Å². The normalized spacial score (nSPS) is 16.3. The van der Waals surface area contributed by atoms with Gasteiger partial charge >= 0.3 is 0 Å². The van der Waals surface area contributed by atoms with E-state index in [1.165, 1.54) is 14.2 Å².